The first-order valence-corrected chi connectivity index (χ1v) is 7.53. The van der Waals surface area contributed by atoms with Gasteiger partial charge < -0.3 is 15.7 Å². The minimum atomic E-state index is -1.07. The van der Waals surface area contributed by atoms with Gasteiger partial charge in [-0.05, 0) is 25.0 Å². The lowest BCUT2D eigenvalue weighted by Crippen LogP contribution is -2.48. The molecule has 2 atom stereocenters. The largest absolute Gasteiger partial charge is 0.480 e. The average molecular weight is 312 g/mol. The van der Waals surface area contributed by atoms with Crippen molar-refractivity contribution in [3.63, 3.8) is 0 Å². The van der Waals surface area contributed by atoms with Crippen LogP contribution in [0, 0.1) is 12.8 Å². The molecule has 116 valence electrons. The van der Waals surface area contributed by atoms with E-state index in [2.05, 4.69) is 10.6 Å². The summed E-state index contributed by atoms with van der Waals surface area (Å²) in [5.41, 5.74) is 0. The molecule has 0 spiro atoms. The van der Waals surface area contributed by atoms with Crippen molar-refractivity contribution in [3.05, 3.63) is 21.9 Å². The number of hydrogen-bond donors (Lipinski definition) is 3. The number of hydrogen-bond acceptors (Lipinski definition) is 4. The van der Waals surface area contributed by atoms with Crippen LogP contribution < -0.4 is 10.6 Å². The van der Waals surface area contributed by atoms with Crippen LogP contribution in [-0.4, -0.2) is 35.5 Å². The number of carboxylic acid groups (broad SMARTS) is 1. The van der Waals surface area contributed by atoms with Gasteiger partial charge in [0.1, 0.15) is 6.04 Å². The van der Waals surface area contributed by atoms with Crippen LogP contribution in [0.25, 0.3) is 0 Å². The first kappa shape index (κ1) is 17.2. The average Bonchev–Trinajstić information content (AvgIpc) is 2.87. The summed E-state index contributed by atoms with van der Waals surface area (Å²) in [4.78, 5) is 36.1. The van der Waals surface area contributed by atoms with E-state index in [1.54, 1.807) is 13.0 Å². The molecule has 1 rings (SSSR count). The summed E-state index contributed by atoms with van der Waals surface area (Å²) in [7, 11) is 0. The van der Waals surface area contributed by atoms with Crippen molar-refractivity contribution in [1.29, 1.82) is 0 Å². The lowest BCUT2D eigenvalue weighted by atomic mass is 9.99. The third kappa shape index (κ3) is 5.18. The zero-order chi connectivity index (χ0) is 16.0. The molecule has 6 nitrogen and oxygen atoms in total. The van der Waals surface area contributed by atoms with E-state index in [1.165, 1.54) is 11.3 Å². The summed E-state index contributed by atoms with van der Waals surface area (Å²) in [5, 5.41) is 14.0. The summed E-state index contributed by atoms with van der Waals surface area (Å²) in [6, 6.07) is 2.57. The highest BCUT2D eigenvalue weighted by Crippen LogP contribution is 2.14. The van der Waals surface area contributed by atoms with E-state index in [0.29, 0.717) is 11.3 Å². The molecule has 0 saturated heterocycles. The smallest absolute Gasteiger partial charge is 0.326 e. The predicted octanol–water partition coefficient (Wildman–Crippen LogP) is 1.40. The summed E-state index contributed by atoms with van der Waals surface area (Å²) in [6.07, 6.45) is 0.637. The van der Waals surface area contributed by atoms with Crippen LogP contribution in [0.4, 0.5) is 0 Å². The van der Waals surface area contributed by atoms with Crippen molar-refractivity contribution >= 4 is 29.1 Å². The Kier molecular flexibility index (Phi) is 6.36. The predicted molar refractivity (Wildman–Crippen MR) is 80.4 cm³/mol. The minimum Gasteiger partial charge on any atom is -0.480 e. The Morgan fingerprint density at radius 3 is 2.48 bits per heavy atom. The lowest BCUT2D eigenvalue weighted by Gasteiger charge is -2.20. The molecule has 0 aliphatic rings. The summed E-state index contributed by atoms with van der Waals surface area (Å²) < 4.78 is 0. The van der Waals surface area contributed by atoms with Gasteiger partial charge in [-0.3, -0.25) is 9.59 Å². The third-order valence-electron chi connectivity index (χ3n) is 3.17. The van der Waals surface area contributed by atoms with Gasteiger partial charge in [-0.1, -0.05) is 20.3 Å². The summed E-state index contributed by atoms with van der Waals surface area (Å²) in [6.45, 7) is 5.26. The molecule has 0 radical (unpaired) electrons. The molecule has 1 heterocycles. The number of thiophene rings is 1. The van der Waals surface area contributed by atoms with Crippen LogP contribution >= 0.6 is 11.3 Å². The topological polar surface area (TPSA) is 95.5 Å². The number of aryl methyl sites for hydroxylation is 1. The number of rotatable bonds is 7. The van der Waals surface area contributed by atoms with Gasteiger partial charge in [0.15, 0.2) is 0 Å². The van der Waals surface area contributed by atoms with Gasteiger partial charge in [-0.15, -0.1) is 11.3 Å². The van der Waals surface area contributed by atoms with Crippen molar-refractivity contribution in [2.45, 2.75) is 33.2 Å². The Morgan fingerprint density at radius 2 is 2.00 bits per heavy atom. The highest BCUT2D eigenvalue weighted by molar-refractivity contribution is 7.13. The number of carbonyl (C=O) groups excluding carboxylic acids is 2. The lowest BCUT2D eigenvalue weighted by molar-refractivity contribution is -0.143. The van der Waals surface area contributed by atoms with Crippen LogP contribution in [-0.2, 0) is 9.59 Å². The molecular weight excluding hydrogens is 292 g/mol. The van der Waals surface area contributed by atoms with Crippen LogP contribution in [0.1, 0.15) is 34.8 Å². The van der Waals surface area contributed by atoms with Crippen molar-refractivity contribution in [2.75, 3.05) is 6.54 Å². The SMILES string of the molecule is CC[C@H](C)[C@H](NC(=O)CNC(=O)c1ccc(C)s1)C(=O)O. The van der Waals surface area contributed by atoms with Gasteiger partial charge in [-0.2, -0.15) is 0 Å². The normalized spacial score (nSPS) is 13.3. The highest BCUT2D eigenvalue weighted by atomic mass is 32.1. The monoisotopic (exact) mass is 312 g/mol. The van der Waals surface area contributed by atoms with Crippen LogP contribution in [0.15, 0.2) is 12.1 Å². The summed E-state index contributed by atoms with van der Waals surface area (Å²) >= 11 is 1.34. The maximum Gasteiger partial charge on any atom is 0.326 e. The molecule has 0 fully saturated rings. The Morgan fingerprint density at radius 1 is 1.33 bits per heavy atom. The van der Waals surface area contributed by atoms with Gasteiger partial charge in [0.25, 0.3) is 5.91 Å². The van der Waals surface area contributed by atoms with Crippen molar-refractivity contribution < 1.29 is 19.5 Å². The zero-order valence-corrected chi connectivity index (χ0v) is 13.1. The molecule has 1 aromatic rings. The third-order valence-corrected chi connectivity index (χ3v) is 4.17. The fraction of sp³-hybridized carbons (Fsp3) is 0.500. The van der Waals surface area contributed by atoms with E-state index in [9.17, 15) is 14.4 Å². The first-order chi connectivity index (χ1) is 9.85. The Hall–Kier alpha value is -1.89. The fourth-order valence-corrected chi connectivity index (χ4v) is 2.50. The van der Waals surface area contributed by atoms with Crippen LogP contribution in [0.2, 0.25) is 0 Å². The molecule has 2 amide bonds. The van der Waals surface area contributed by atoms with E-state index < -0.39 is 17.9 Å². The molecule has 3 N–H and O–H groups in total. The van der Waals surface area contributed by atoms with Crippen molar-refractivity contribution in [1.82, 2.24) is 10.6 Å². The first-order valence-electron chi connectivity index (χ1n) is 6.72. The minimum absolute atomic E-state index is 0.179. The van der Waals surface area contributed by atoms with Crippen LogP contribution in [0.5, 0.6) is 0 Å². The van der Waals surface area contributed by atoms with Gasteiger partial charge in [-0.25, -0.2) is 4.79 Å². The molecule has 1 aromatic heterocycles. The standard InChI is InChI=1S/C14H20N2O4S/c1-4-8(2)12(14(19)20)16-11(17)7-15-13(18)10-6-5-9(3)21-10/h5-6,8,12H,4,7H2,1-3H3,(H,15,18)(H,16,17)(H,19,20)/t8-,12-/m0/s1. The Bertz CT molecular complexity index is 527. The van der Waals surface area contributed by atoms with Gasteiger partial charge in [0, 0.05) is 4.88 Å². The highest BCUT2D eigenvalue weighted by Gasteiger charge is 2.25. The number of aliphatic carboxylic acids is 1. The molecule has 7 heteroatoms. The molecule has 0 aliphatic heterocycles. The van der Waals surface area contributed by atoms with Crippen LogP contribution in [0.3, 0.4) is 0 Å². The number of amides is 2. The summed E-state index contributed by atoms with van der Waals surface area (Å²) in [5.74, 6) is -2.09. The molecule has 0 bridgehead atoms. The van der Waals surface area contributed by atoms with Gasteiger partial charge in [0.05, 0.1) is 11.4 Å². The molecule has 0 aliphatic carbocycles. The Balaban J connectivity index is 2.49. The van der Waals surface area contributed by atoms with E-state index in [0.717, 1.165) is 4.88 Å². The van der Waals surface area contributed by atoms with E-state index in [-0.39, 0.29) is 18.4 Å². The van der Waals surface area contributed by atoms with Gasteiger partial charge >= 0.3 is 5.97 Å². The fourth-order valence-electron chi connectivity index (χ4n) is 1.71. The maximum absolute atomic E-state index is 11.8. The van der Waals surface area contributed by atoms with E-state index >= 15 is 0 Å². The Labute approximate surface area is 127 Å². The second-order valence-corrected chi connectivity index (χ2v) is 6.15. The van der Waals surface area contributed by atoms with Crippen molar-refractivity contribution in [3.8, 4) is 0 Å². The quantitative estimate of drug-likeness (QED) is 0.709. The number of carboxylic acids is 1. The second-order valence-electron chi connectivity index (χ2n) is 4.86. The maximum atomic E-state index is 11.8. The zero-order valence-electron chi connectivity index (χ0n) is 12.3. The number of nitrogens with one attached hydrogen (secondary N) is 2. The van der Waals surface area contributed by atoms with Crippen molar-refractivity contribution in [2.24, 2.45) is 5.92 Å². The molecular formula is C14H20N2O4S. The van der Waals surface area contributed by atoms with Gasteiger partial charge in [0.2, 0.25) is 5.91 Å². The second kappa shape index (κ2) is 7.78. The molecule has 0 aromatic carbocycles. The number of carbonyl (C=O) groups is 3. The van der Waals surface area contributed by atoms with E-state index in [1.807, 2.05) is 19.9 Å². The molecule has 21 heavy (non-hydrogen) atoms. The molecule has 0 unspecified atom stereocenters. The molecule has 0 saturated carbocycles. The van der Waals surface area contributed by atoms with E-state index in [4.69, 9.17) is 5.11 Å².